The average Bonchev–Trinajstić information content (AvgIpc) is 2.77. The van der Waals surface area contributed by atoms with E-state index in [0.29, 0.717) is 6.61 Å². The van der Waals surface area contributed by atoms with Crippen molar-refractivity contribution in [3.05, 3.63) is 47.9 Å². The van der Waals surface area contributed by atoms with Gasteiger partial charge in [-0.2, -0.15) is 0 Å². The molecule has 1 heterocycles. The summed E-state index contributed by atoms with van der Waals surface area (Å²) in [5.41, 5.74) is 0.844. The van der Waals surface area contributed by atoms with Gasteiger partial charge in [0.05, 0.1) is 10.4 Å². The van der Waals surface area contributed by atoms with Crippen molar-refractivity contribution in [2.75, 3.05) is 11.9 Å². The quantitative estimate of drug-likeness (QED) is 0.534. The number of nitrogens with one attached hydrogen (secondary N) is 1. The topological polar surface area (TPSA) is 38.3 Å². The van der Waals surface area contributed by atoms with Gasteiger partial charge >= 0.3 is 5.97 Å². The summed E-state index contributed by atoms with van der Waals surface area (Å²) >= 11 is 11.9. The van der Waals surface area contributed by atoms with Crippen LogP contribution in [0.2, 0.25) is 0 Å². The molecule has 1 aromatic carbocycles. The van der Waals surface area contributed by atoms with Crippen LogP contribution in [0.15, 0.2) is 43.1 Å². The monoisotopic (exact) mass is 495 g/mol. The first-order valence-electron chi connectivity index (χ1n) is 6.15. The molecular weight excluding hydrogens is 486 g/mol. The molecule has 3 nitrogen and oxygen atoms in total. The standard InChI is InChI=1S/C14H12Br3NO2S/c1-2-20-14(19)12(11-7-9(16)13(17)21-11)18-10-6-4-3-5-8(10)15/h3-7,12,18H,2H2,1H3. The van der Waals surface area contributed by atoms with Gasteiger partial charge in [0.2, 0.25) is 0 Å². The minimum Gasteiger partial charge on any atom is -0.464 e. The average molecular weight is 498 g/mol. The number of benzene rings is 1. The van der Waals surface area contributed by atoms with Crippen molar-refractivity contribution >= 4 is 70.8 Å². The number of carbonyl (C=O) groups excluding carboxylic acids is 1. The Morgan fingerprint density at radius 3 is 2.57 bits per heavy atom. The second-order valence-corrected chi connectivity index (χ2v) is 8.19. The molecule has 1 atom stereocenters. The van der Waals surface area contributed by atoms with Crippen LogP contribution >= 0.6 is 59.1 Å². The van der Waals surface area contributed by atoms with Crippen molar-refractivity contribution in [1.29, 1.82) is 0 Å². The Hall–Kier alpha value is -0.370. The highest BCUT2D eigenvalue weighted by molar-refractivity contribution is 9.13. The van der Waals surface area contributed by atoms with E-state index in [0.717, 1.165) is 23.3 Å². The van der Waals surface area contributed by atoms with Crippen LogP contribution in [0.25, 0.3) is 0 Å². The van der Waals surface area contributed by atoms with E-state index in [9.17, 15) is 4.79 Å². The zero-order chi connectivity index (χ0) is 15.4. The fraction of sp³-hybridized carbons (Fsp3) is 0.214. The van der Waals surface area contributed by atoms with Gasteiger partial charge in [-0.3, -0.25) is 0 Å². The number of hydrogen-bond donors (Lipinski definition) is 1. The molecule has 0 aliphatic rings. The lowest BCUT2D eigenvalue weighted by Crippen LogP contribution is -2.22. The highest BCUT2D eigenvalue weighted by atomic mass is 79.9. The van der Waals surface area contributed by atoms with Crippen LogP contribution in [0.4, 0.5) is 5.69 Å². The van der Waals surface area contributed by atoms with Gasteiger partial charge in [0.15, 0.2) is 6.04 Å². The van der Waals surface area contributed by atoms with Crippen molar-refractivity contribution in [2.24, 2.45) is 0 Å². The molecule has 0 spiro atoms. The van der Waals surface area contributed by atoms with E-state index in [1.807, 2.05) is 30.3 Å². The molecule has 0 amide bonds. The predicted molar refractivity (Wildman–Crippen MR) is 96.9 cm³/mol. The third-order valence-corrected chi connectivity index (χ3v) is 6.66. The van der Waals surface area contributed by atoms with Crippen LogP contribution in [0.1, 0.15) is 17.8 Å². The van der Waals surface area contributed by atoms with Gasteiger partial charge in [-0.25, -0.2) is 4.79 Å². The summed E-state index contributed by atoms with van der Waals surface area (Å²) in [6, 6.07) is 9.04. The minimum atomic E-state index is -0.545. The molecule has 0 aliphatic heterocycles. The first kappa shape index (κ1) is 17.0. The smallest absolute Gasteiger partial charge is 0.334 e. The van der Waals surface area contributed by atoms with Gasteiger partial charge < -0.3 is 10.1 Å². The number of thiophene rings is 1. The zero-order valence-electron chi connectivity index (χ0n) is 11.0. The second kappa shape index (κ2) is 7.76. The van der Waals surface area contributed by atoms with Crippen LogP contribution < -0.4 is 5.32 Å². The largest absolute Gasteiger partial charge is 0.464 e. The fourth-order valence-electron chi connectivity index (χ4n) is 1.71. The summed E-state index contributed by atoms with van der Waals surface area (Å²) in [6.07, 6.45) is 0. The molecule has 1 unspecified atom stereocenters. The third-order valence-electron chi connectivity index (χ3n) is 2.64. The van der Waals surface area contributed by atoms with Crippen LogP contribution in [0.3, 0.4) is 0 Å². The summed E-state index contributed by atoms with van der Waals surface area (Å²) in [7, 11) is 0. The van der Waals surface area contributed by atoms with E-state index in [2.05, 4.69) is 53.1 Å². The maximum absolute atomic E-state index is 12.3. The number of hydrogen-bond acceptors (Lipinski definition) is 4. The molecule has 0 aliphatic carbocycles. The molecule has 1 N–H and O–H groups in total. The molecule has 1 aromatic heterocycles. The highest BCUT2D eigenvalue weighted by Crippen LogP contribution is 2.37. The Labute approximate surface area is 152 Å². The molecule has 0 saturated carbocycles. The van der Waals surface area contributed by atoms with Crippen LogP contribution in [0, 0.1) is 0 Å². The second-order valence-electron chi connectivity index (χ2n) is 4.08. The molecule has 112 valence electrons. The third kappa shape index (κ3) is 4.31. The van der Waals surface area contributed by atoms with Gasteiger partial charge in [0.1, 0.15) is 0 Å². The number of para-hydroxylation sites is 1. The van der Waals surface area contributed by atoms with Crippen molar-refractivity contribution in [1.82, 2.24) is 0 Å². The number of anilines is 1. The number of carbonyl (C=O) groups is 1. The van der Waals surface area contributed by atoms with Crippen LogP contribution in [0.5, 0.6) is 0 Å². The number of esters is 1. The molecule has 0 radical (unpaired) electrons. The summed E-state index contributed by atoms with van der Waals surface area (Å²) < 4.78 is 7.94. The van der Waals surface area contributed by atoms with E-state index in [1.165, 1.54) is 11.3 Å². The molecule has 2 rings (SSSR count). The van der Waals surface area contributed by atoms with E-state index in [1.54, 1.807) is 6.92 Å². The van der Waals surface area contributed by atoms with E-state index >= 15 is 0 Å². The van der Waals surface area contributed by atoms with Crippen LogP contribution in [-0.4, -0.2) is 12.6 Å². The van der Waals surface area contributed by atoms with E-state index in [4.69, 9.17) is 4.74 Å². The molecule has 0 fully saturated rings. The Morgan fingerprint density at radius 2 is 2.00 bits per heavy atom. The number of halogens is 3. The molecule has 2 aromatic rings. The molecule has 21 heavy (non-hydrogen) atoms. The normalized spacial score (nSPS) is 12.0. The molecule has 7 heteroatoms. The lowest BCUT2D eigenvalue weighted by Gasteiger charge is -2.18. The SMILES string of the molecule is CCOC(=O)C(Nc1ccccc1Br)c1cc(Br)c(Br)s1. The Balaban J connectivity index is 2.32. The van der Waals surface area contributed by atoms with Crippen molar-refractivity contribution < 1.29 is 9.53 Å². The summed E-state index contributed by atoms with van der Waals surface area (Å²) in [5.74, 6) is -0.297. The predicted octanol–water partition coefficient (Wildman–Crippen LogP) is 5.75. The summed E-state index contributed by atoms with van der Waals surface area (Å²) in [5, 5.41) is 3.24. The molecule has 0 saturated heterocycles. The first-order valence-corrected chi connectivity index (χ1v) is 9.35. The highest BCUT2D eigenvalue weighted by Gasteiger charge is 2.25. The van der Waals surface area contributed by atoms with Gasteiger partial charge in [0.25, 0.3) is 0 Å². The zero-order valence-corrected chi connectivity index (χ0v) is 16.6. The van der Waals surface area contributed by atoms with Crippen LogP contribution in [-0.2, 0) is 9.53 Å². The van der Waals surface area contributed by atoms with E-state index in [-0.39, 0.29) is 5.97 Å². The summed E-state index contributed by atoms with van der Waals surface area (Å²) in [4.78, 5) is 13.1. The lowest BCUT2D eigenvalue weighted by molar-refractivity contribution is -0.144. The van der Waals surface area contributed by atoms with Crippen molar-refractivity contribution in [3.63, 3.8) is 0 Å². The first-order chi connectivity index (χ1) is 10.0. The molecule has 0 bridgehead atoms. The summed E-state index contributed by atoms with van der Waals surface area (Å²) in [6.45, 7) is 2.15. The van der Waals surface area contributed by atoms with Gasteiger partial charge in [-0.05, 0) is 72.9 Å². The maximum Gasteiger partial charge on any atom is 0.334 e. The lowest BCUT2D eigenvalue weighted by atomic mass is 10.2. The Kier molecular flexibility index (Phi) is 6.28. The Bertz CT molecular complexity index is 625. The van der Waals surface area contributed by atoms with Gasteiger partial charge in [0, 0.05) is 19.5 Å². The van der Waals surface area contributed by atoms with Gasteiger partial charge in [-0.15, -0.1) is 11.3 Å². The number of rotatable bonds is 5. The number of ether oxygens (including phenoxy) is 1. The van der Waals surface area contributed by atoms with E-state index < -0.39 is 6.04 Å². The minimum absolute atomic E-state index is 0.297. The fourth-order valence-corrected chi connectivity index (χ4v) is 4.24. The van der Waals surface area contributed by atoms with Crippen molar-refractivity contribution in [2.45, 2.75) is 13.0 Å². The molecular formula is C14H12Br3NO2S. The van der Waals surface area contributed by atoms with Gasteiger partial charge in [-0.1, -0.05) is 12.1 Å². The van der Waals surface area contributed by atoms with Crippen molar-refractivity contribution in [3.8, 4) is 0 Å². The maximum atomic E-state index is 12.3. The Morgan fingerprint density at radius 1 is 1.29 bits per heavy atom.